The van der Waals surface area contributed by atoms with Gasteiger partial charge >= 0.3 is 0 Å². The monoisotopic (exact) mass is 204 g/mol. The highest BCUT2D eigenvalue weighted by Gasteiger charge is 2.23. The van der Waals surface area contributed by atoms with Gasteiger partial charge in [-0.25, -0.2) is 4.39 Å². The van der Waals surface area contributed by atoms with Crippen LogP contribution in [0, 0.1) is 0 Å². The first-order chi connectivity index (χ1) is 4.20. The zero-order valence-electron chi connectivity index (χ0n) is 6.50. The molecule has 0 spiro atoms. The van der Waals surface area contributed by atoms with Crippen molar-refractivity contribution in [3.63, 3.8) is 0 Å². The van der Waals surface area contributed by atoms with Crippen molar-refractivity contribution in [1.29, 1.82) is 0 Å². The Morgan fingerprint density at radius 3 is 2.36 bits per heavy atom. The van der Waals surface area contributed by atoms with Crippen molar-refractivity contribution in [2.24, 2.45) is 5.73 Å². The van der Waals surface area contributed by atoms with E-state index in [0.717, 1.165) is 6.54 Å². The zero-order valence-corrected chi connectivity index (χ0v) is 8.13. The number of halogens is 3. The van der Waals surface area contributed by atoms with Crippen LogP contribution in [0.1, 0.15) is 6.42 Å². The molecule has 1 aliphatic heterocycles. The minimum absolute atomic E-state index is 0. The number of nitrogens with two attached hydrogens (primary N) is 1. The largest absolute Gasteiger partial charge is 0.324 e. The van der Waals surface area contributed by atoms with Gasteiger partial charge in [-0.2, -0.15) is 0 Å². The summed E-state index contributed by atoms with van der Waals surface area (Å²) in [5, 5.41) is 0. The Morgan fingerprint density at radius 1 is 1.45 bits per heavy atom. The lowest BCUT2D eigenvalue weighted by atomic mass is 10.1. The molecule has 11 heavy (non-hydrogen) atoms. The summed E-state index contributed by atoms with van der Waals surface area (Å²) >= 11 is 0. The van der Waals surface area contributed by atoms with Crippen LogP contribution in [0.15, 0.2) is 0 Å². The maximum Gasteiger partial charge on any atom is 0.118 e. The lowest BCUT2D eigenvalue weighted by molar-refractivity contribution is 0.148. The molecule has 70 valence electrons. The van der Waals surface area contributed by atoms with Gasteiger partial charge in [0.25, 0.3) is 0 Å². The summed E-state index contributed by atoms with van der Waals surface area (Å²) in [5.41, 5.74) is 5.45. The van der Waals surface area contributed by atoms with Crippen LogP contribution in [-0.4, -0.2) is 37.3 Å². The molecule has 2 unspecified atom stereocenters. The van der Waals surface area contributed by atoms with Gasteiger partial charge in [-0.3, -0.25) is 0 Å². The molecular weight excluding hydrogens is 190 g/mol. The maximum atomic E-state index is 12.6. The third kappa shape index (κ3) is 4.11. The Kier molecular flexibility index (Phi) is 7.63. The minimum Gasteiger partial charge on any atom is -0.324 e. The van der Waals surface area contributed by atoms with Gasteiger partial charge < -0.3 is 10.6 Å². The first-order valence-electron chi connectivity index (χ1n) is 3.28. The van der Waals surface area contributed by atoms with Crippen molar-refractivity contribution in [2.75, 3.05) is 20.1 Å². The molecule has 1 fully saturated rings. The van der Waals surface area contributed by atoms with E-state index in [-0.39, 0.29) is 30.9 Å². The van der Waals surface area contributed by atoms with E-state index in [0.29, 0.717) is 13.0 Å². The average Bonchev–Trinajstić information content (AvgIpc) is 1.80. The molecule has 0 aliphatic carbocycles. The summed E-state index contributed by atoms with van der Waals surface area (Å²) in [7, 11) is 1.96. The topological polar surface area (TPSA) is 29.3 Å². The van der Waals surface area contributed by atoms with E-state index in [1.165, 1.54) is 0 Å². The van der Waals surface area contributed by atoms with Crippen LogP contribution in [0.25, 0.3) is 0 Å². The summed E-state index contributed by atoms with van der Waals surface area (Å²) in [4.78, 5) is 2.06. The molecular formula is C6H15Cl2FN2. The van der Waals surface area contributed by atoms with Gasteiger partial charge in [-0.15, -0.1) is 24.8 Å². The van der Waals surface area contributed by atoms with E-state index in [4.69, 9.17) is 5.73 Å². The van der Waals surface area contributed by atoms with E-state index in [2.05, 4.69) is 4.90 Å². The van der Waals surface area contributed by atoms with Gasteiger partial charge in [0.05, 0.1) is 0 Å². The standard InChI is InChI=1S/C6H13FN2.2ClH/c1-9-3-2-5(7)6(8)4-9;;/h5-6H,2-4,8H2,1H3;2*1H. The lowest BCUT2D eigenvalue weighted by Crippen LogP contribution is -2.47. The molecule has 2 N–H and O–H groups in total. The number of likely N-dealkylation sites (N-methyl/N-ethyl adjacent to an activating group) is 1. The van der Waals surface area contributed by atoms with Crippen LogP contribution < -0.4 is 5.73 Å². The first-order valence-corrected chi connectivity index (χ1v) is 3.28. The van der Waals surface area contributed by atoms with Crippen molar-refractivity contribution in [2.45, 2.75) is 18.6 Å². The van der Waals surface area contributed by atoms with E-state index in [1.54, 1.807) is 0 Å². The highest BCUT2D eigenvalue weighted by atomic mass is 35.5. The quantitative estimate of drug-likeness (QED) is 0.634. The highest BCUT2D eigenvalue weighted by Crippen LogP contribution is 2.10. The molecule has 0 aromatic carbocycles. The van der Waals surface area contributed by atoms with Gasteiger partial charge in [-0.05, 0) is 13.5 Å². The molecule has 1 heterocycles. The number of rotatable bonds is 0. The van der Waals surface area contributed by atoms with Gasteiger partial charge in [0.15, 0.2) is 0 Å². The minimum atomic E-state index is -0.777. The van der Waals surface area contributed by atoms with E-state index < -0.39 is 6.17 Å². The predicted octanol–water partition coefficient (Wildman–Crippen LogP) is 0.831. The number of piperidine rings is 1. The van der Waals surface area contributed by atoms with Crippen molar-refractivity contribution in [3.05, 3.63) is 0 Å². The highest BCUT2D eigenvalue weighted by molar-refractivity contribution is 5.85. The third-order valence-corrected chi connectivity index (χ3v) is 1.77. The molecule has 2 nitrogen and oxygen atoms in total. The third-order valence-electron chi connectivity index (χ3n) is 1.77. The van der Waals surface area contributed by atoms with Crippen LogP contribution in [0.4, 0.5) is 4.39 Å². The maximum absolute atomic E-state index is 12.6. The van der Waals surface area contributed by atoms with Crippen LogP contribution in [0.2, 0.25) is 0 Å². The Hall–Kier alpha value is 0.430. The molecule has 1 aliphatic rings. The van der Waals surface area contributed by atoms with E-state index >= 15 is 0 Å². The second-order valence-corrected chi connectivity index (χ2v) is 2.73. The SMILES string of the molecule is CN1CCC(F)C(N)C1.Cl.Cl. The van der Waals surface area contributed by atoms with Crippen LogP contribution >= 0.6 is 24.8 Å². The lowest BCUT2D eigenvalue weighted by Gasteiger charge is -2.29. The number of likely N-dealkylation sites (tertiary alicyclic amines) is 1. The Balaban J connectivity index is 0. The summed E-state index contributed by atoms with van der Waals surface area (Å²) in [5.74, 6) is 0. The van der Waals surface area contributed by atoms with Gasteiger partial charge in [-0.1, -0.05) is 0 Å². The molecule has 0 radical (unpaired) electrons. The van der Waals surface area contributed by atoms with Crippen LogP contribution in [0.5, 0.6) is 0 Å². The molecule has 2 atom stereocenters. The van der Waals surface area contributed by atoms with Gasteiger partial charge in [0, 0.05) is 19.1 Å². The van der Waals surface area contributed by atoms with Gasteiger partial charge in [0.2, 0.25) is 0 Å². The fraction of sp³-hybridized carbons (Fsp3) is 1.00. The van der Waals surface area contributed by atoms with Crippen molar-refractivity contribution in [1.82, 2.24) is 4.90 Å². The second kappa shape index (κ2) is 6.00. The molecule has 0 aromatic heterocycles. The summed E-state index contributed by atoms with van der Waals surface area (Å²) in [6, 6.07) is -0.260. The molecule has 0 aromatic rings. The first kappa shape index (κ1) is 14.0. The fourth-order valence-corrected chi connectivity index (χ4v) is 1.12. The van der Waals surface area contributed by atoms with Crippen molar-refractivity contribution >= 4 is 24.8 Å². The average molecular weight is 205 g/mol. The normalized spacial score (nSPS) is 31.9. The summed E-state index contributed by atoms with van der Waals surface area (Å²) in [6.45, 7) is 1.54. The van der Waals surface area contributed by atoms with Crippen molar-refractivity contribution in [3.8, 4) is 0 Å². The molecule has 0 bridgehead atoms. The van der Waals surface area contributed by atoms with E-state index in [9.17, 15) is 4.39 Å². The number of alkyl halides is 1. The second-order valence-electron chi connectivity index (χ2n) is 2.73. The Bertz CT molecular complexity index is 105. The fourth-order valence-electron chi connectivity index (χ4n) is 1.12. The zero-order chi connectivity index (χ0) is 6.85. The number of hydrogen-bond acceptors (Lipinski definition) is 2. The molecule has 1 saturated heterocycles. The summed E-state index contributed by atoms with van der Waals surface area (Å²) < 4.78 is 12.6. The van der Waals surface area contributed by atoms with Crippen LogP contribution in [0.3, 0.4) is 0 Å². The van der Waals surface area contributed by atoms with E-state index in [1.807, 2.05) is 7.05 Å². The summed E-state index contributed by atoms with van der Waals surface area (Å²) in [6.07, 6.45) is -0.182. The Morgan fingerprint density at radius 2 is 2.00 bits per heavy atom. The molecule has 0 amide bonds. The molecule has 1 rings (SSSR count). The predicted molar refractivity (Wildman–Crippen MR) is 49.5 cm³/mol. The number of nitrogens with zero attached hydrogens (tertiary/aromatic N) is 1. The molecule has 0 saturated carbocycles. The van der Waals surface area contributed by atoms with Gasteiger partial charge in [0.1, 0.15) is 6.17 Å². The Labute approximate surface area is 79.1 Å². The van der Waals surface area contributed by atoms with Crippen LogP contribution in [-0.2, 0) is 0 Å². The molecule has 5 heteroatoms. The smallest absolute Gasteiger partial charge is 0.118 e. The number of hydrogen-bond donors (Lipinski definition) is 1. The van der Waals surface area contributed by atoms with Crippen molar-refractivity contribution < 1.29 is 4.39 Å².